The lowest BCUT2D eigenvalue weighted by Crippen LogP contribution is -1.98. The van der Waals surface area contributed by atoms with Crippen molar-refractivity contribution in [1.82, 2.24) is 0 Å². The van der Waals surface area contributed by atoms with E-state index in [0.717, 1.165) is 22.8 Å². The fourth-order valence-electron chi connectivity index (χ4n) is 1.54. The minimum absolute atomic E-state index is 0.308. The minimum Gasteiger partial charge on any atom is -0.508 e. The van der Waals surface area contributed by atoms with Crippen LogP contribution in [0.4, 0.5) is 0 Å². The Morgan fingerprint density at radius 2 is 1.89 bits per heavy atom. The molecule has 0 aliphatic heterocycles. The highest BCUT2D eigenvalue weighted by Crippen LogP contribution is 2.22. The van der Waals surface area contributed by atoms with Gasteiger partial charge in [-0.1, -0.05) is 17.7 Å². The second-order valence-corrected chi connectivity index (χ2v) is 5.61. The fourth-order valence-corrected chi connectivity index (χ4v) is 2.55. The van der Waals surface area contributed by atoms with Crippen LogP contribution in [0.25, 0.3) is 0 Å². The van der Waals surface area contributed by atoms with Gasteiger partial charge in [0.25, 0.3) is 0 Å². The summed E-state index contributed by atoms with van der Waals surface area (Å²) in [7, 11) is 0. The Hall–Kier alpha value is -1.32. The van der Waals surface area contributed by atoms with E-state index in [-0.39, 0.29) is 0 Å². The first kappa shape index (κ1) is 14.1. The van der Waals surface area contributed by atoms with Crippen LogP contribution in [-0.2, 0) is 0 Å². The fraction of sp³-hybridized carbons (Fsp3) is 0.200. The number of hydrogen-bond donors (Lipinski definition) is 1. The van der Waals surface area contributed by atoms with Crippen LogP contribution < -0.4 is 4.74 Å². The summed E-state index contributed by atoms with van der Waals surface area (Å²) in [5.41, 5.74) is 0. The zero-order valence-electron chi connectivity index (χ0n) is 10.4. The Morgan fingerprint density at radius 3 is 2.63 bits per heavy atom. The molecule has 2 rings (SSSR count). The van der Waals surface area contributed by atoms with E-state index in [1.807, 2.05) is 36.4 Å². The number of phenols is 1. The molecule has 0 amide bonds. The van der Waals surface area contributed by atoms with Gasteiger partial charge in [-0.05, 0) is 48.9 Å². The molecule has 0 saturated carbocycles. The van der Waals surface area contributed by atoms with E-state index in [2.05, 4.69) is 0 Å². The summed E-state index contributed by atoms with van der Waals surface area (Å²) in [5.74, 6) is 2.10. The van der Waals surface area contributed by atoms with Crippen molar-refractivity contribution < 1.29 is 9.84 Å². The van der Waals surface area contributed by atoms with E-state index >= 15 is 0 Å². The summed E-state index contributed by atoms with van der Waals surface area (Å²) in [6, 6.07) is 14.6. The molecule has 0 radical (unpaired) electrons. The smallest absolute Gasteiger partial charge is 0.119 e. The van der Waals surface area contributed by atoms with Gasteiger partial charge in [0.05, 0.1) is 6.61 Å². The Bertz CT molecular complexity index is 514. The summed E-state index contributed by atoms with van der Waals surface area (Å²) in [5, 5.41) is 10.1. The van der Waals surface area contributed by atoms with Gasteiger partial charge in [-0.25, -0.2) is 0 Å². The van der Waals surface area contributed by atoms with E-state index in [1.54, 1.807) is 23.9 Å². The molecule has 0 heterocycles. The van der Waals surface area contributed by atoms with E-state index in [0.29, 0.717) is 17.4 Å². The molecule has 0 atom stereocenters. The molecule has 2 aromatic carbocycles. The Morgan fingerprint density at radius 1 is 1.11 bits per heavy atom. The van der Waals surface area contributed by atoms with Crippen molar-refractivity contribution in [3.05, 3.63) is 53.6 Å². The van der Waals surface area contributed by atoms with Crippen LogP contribution in [0.5, 0.6) is 11.5 Å². The van der Waals surface area contributed by atoms with Crippen LogP contribution >= 0.6 is 23.4 Å². The van der Waals surface area contributed by atoms with Gasteiger partial charge < -0.3 is 9.84 Å². The number of benzene rings is 2. The molecular weight excluding hydrogens is 280 g/mol. The van der Waals surface area contributed by atoms with Gasteiger partial charge in [0.15, 0.2) is 0 Å². The van der Waals surface area contributed by atoms with E-state index < -0.39 is 0 Å². The van der Waals surface area contributed by atoms with Crippen LogP contribution in [0, 0.1) is 0 Å². The van der Waals surface area contributed by atoms with Crippen LogP contribution in [0.2, 0.25) is 5.02 Å². The van der Waals surface area contributed by atoms with Gasteiger partial charge in [0, 0.05) is 15.7 Å². The van der Waals surface area contributed by atoms with Gasteiger partial charge in [0.1, 0.15) is 11.5 Å². The summed E-state index contributed by atoms with van der Waals surface area (Å²) in [4.78, 5) is 1.08. The Balaban J connectivity index is 1.66. The third kappa shape index (κ3) is 5.05. The first-order valence-corrected chi connectivity index (χ1v) is 7.40. The van der Waals surface area contributed by atoms with E-state index in [1.165, 1.54) is 0 Å². The summed E-state index contributed by atoms with van der Waals surface area (Å²) in [6.07, 6.45) is 0.947. The SMILES string of the molecule is Oc1cccc(SCCCOc2ccc(Cl)cc2)c1. The first-order chi connectivity index (χ1) is 9.24. The van der Waals surface area contributed by atoms with Crippen LogP contribution in [-0.4, -0.2) is 17.5 Å². The maximum atomic E-state index is 9.34. The Labute approximate surface area is 122 Å². The van der Waals surface area contributed by atoms with E-state index in [4.69, 9.17) is 16.3 Å². The number of phenolic OH excluding ortho intramolecular Hbond substituents is 1. The van der Waals surface area contributed by atoms with Crippen molar-refractivity contribution in [2.45, 2.75) is 11.3 Å². The highest BCUT2D eigenvalue weighted by Gasteiger charge is 1.97. The summed E-state index contributed by atoms with van der Waals surface area (Å²) >= 11 is 7.51. The van der Waals surface area contributed by atoms with Crippen LogP contribution in [0.3, 0.4) is 0 Å². The van der Waals surface area contributed by atoms with Gasteiger partial charge in [-0.15, -0.1) is 11.8 Å². The van der Waals surface area contributed by atoms with Crippen molar-refractivity contribution in [2.24, 2.45) is 0 Å². The molecule has 100 valence electrons. The molecule has 0 aliphatic rings. The molecule has 0 saturated heterocycles. The average molecular weight is 295 g/mol. The summed E-state index contributed by atoms with van der Waals surface area (Å²) < 4.78 is 5.60. The van der Waals surface area contributed by atoms with E-state index in [9.17, 15) is 5.11 Å². The highest BCUT2D eigenvalue weighted by molar-refractivity contribution is 7.99. The van der Waals surface area contributed by atoms with Crippen molar-refractivity contribution in [3.63, 3.8) is 0 Å². The van der Waals surface area contributed by atoms with Crippen molar-refractivity contribution in [2.75, 3.05) is 12.4 Å². The second kappa shape index (κ2) is 7.31. The maximum Gasteiger partial charge on any atom is 0.119 e. The number of thioether (sulfide) groups is 1. The third-order valence-electron chi connectivity index (χ3n) is 2.46. The molecule has 0 aliphatic carbocycles. The molecule has 4 heteroatoms. The number of ether oxygens (including phenoxy) is 1. The molecule has 2 nitrogen and oxygen atoms in total. The number of hydrogen-bond acceptors (Lipinski definition) is 3. The lowest BCUT2D eigenvalue weighted by Gasteiger charge is -2.06. The molecule has 1 N–H and O–H groups in total. The normalized spacial score (nSPS) is 10.4. The summed E-state index contributed by atoms with van der Waals surface area (Å²) in [6.45, 7) is 0.674. The molecule has 0 bridgehead atoms. The zero-order chi connectivity index (χ0) is 13.5. The average Bonchev–Trinajstić information content (AvgIpc) is 2.41. The van der Waals surface area contributed by atoms with Gasteiger partial charge >= 0.3 is 0 Å². The predicted octanol–water partition coefficient (Wildman–Crippen LogP) is 4.61. The second-order valence-electron chi connectivity index (χ2n) is 4.00. The van der Waals surface area contributed by atoms with Crippen LogP contribution in [0.1, 0.15) is 6.42 Å². The quantitative estimate of drug-likeness (QED) is 0.623. The first-order valence-electron chi connectivity index (χ1n) is 6.04. The Kier molecular flexibility index (Phi) is 5.43. The lowest BCUT2D eigenvalue weighted by molar-refractivity contribution is 0.319. The molecule has 0 fully saturated rings. The number of halogens is 1. The van der Waals surface area contributed by atoms with Gasteiger partial charge in [-0.2, -0.15) is 0 Å². The lowest BCUT2D eigenvalue weighted by atomic mass is 10.3. The molecule has 0 spiro atoms. The predicted molar refractivity (Wildman–Crippen MR) is 80.4 cm³/mol. The molecular formula is C15H15ClO2S. The molecule has 0 unspecified atom stereocenters. The van der Waals surface area contributed by atoms with Gasteiger partial charge in [0.2, 0.25) is 0 Å². The molecule has 19 heavy (non-hydrogen) atoms. The van der Waals surface area contributed by atoms with Crippen LogP contribution in [0.15, 0.2) is 53.4 Å². The molecule has 2 aromatic rings. The monoisotopic (exact) mass is 294 g/mol. The van der Waals surface area contributed by atoms with Crippen molar-refractivity contribution >= 4 is 23.4 Å². The molecule has 0 aromatic heterocycles. The standard InChI is InChI=1S/C15H15ClO2S/c16-12-5-7-14(8-6-12)18-9-2-10-19-15-4-1-3-13(17)11-15/h1,3-8,11,17H,2,9-10H2. The van der Waals surface area contributed by atoms with Gasteiger partial charge in [-0.3, -0.25) is 0 Å². The highest BCUT2D eigenvalue weighted by atomic mass is 35.5. The maximum absolute atomic E-state index is 9.34. The van der Waals surface area contributed by atoms with Crippen molar-refractivity contribution in [3.8, 4) is 11.5 Å². The zero-order valence-corrected chi connectivity index (χ0v) is 12.0. The number of rotatable bonds is 6. The number of aromatic hydroxyl groups is 1. The topological polar surface area (TPSA) is 29.5 Å². The minimum atomic E-state index is 0.308. The third-order valence-corrected chi connectivity index (χ3v) is 3.79. The van der Waals surface area contributed by atoms with Crippen molar-refractivity contribution in [1.29, 1.82) is 0 Å². The largest absolute Gasteiger partial charge is 0.508 e.